The van der Waals surface area contributed by atoms with Gasteiger partial charge in [0.25, 0.3) is 0 Å². The molecule has 1 atom stereocenters. The third-order valence-electron chi connectivity index (χ3n) is 2.88. The third-order valence-corrected chi connectivity index (χ3v) is 2.88. The Morgan fingerprint density at radius 2 is 2.27 bits per heavy atom. The van der Waals surface area contributed by atoms with Crippen LogP contribution in [0.5, 0.6) is 0 Å². The van der Waals surface area contributed by atoms with Crippen molar-refractivity contribution in [2.24, 2.45) is 0 Å². The van der Waals surface area contributed by atoms with Crippen molar-refractivity contribution in [2.75, 3.05) is 6.54 Å². The predicted octanol–water partition coefficient (Wildman–Crippen LogP) is 0.444. The van der Waals surface area contributed by atoms with Crippen molar-refractivity contribution in [3.63, 3.8) is 0 Å². The molecule has 2 aliphatic rings. The Hall–Kier alpha value is -0.570. The average Bonchev–Trinajstić information content (AvgIpc) is 2.34. The highest BCUT2D eigenvalue weighted by Gasteiger charge is 2.64. The fourth-order valence-electron chi connectivity index (χ4n) is 2.04. The van der Waals surface area contributed by atoms with Crippen LogP contribution in [0.4, 0.5) is 0 Å². The second-order valence-electron chi connectivity index (χ2n) is 3.84. The summed E-state index contributed by atoms with van der Waals surface area (Å²) in [6.45, 7) is 4.87. The molecule has 0 aliphatic carbocycles. The van der Waals surface area contributed by atoms with Gasteiger partial charge in [-0.25, -0.2) is 4.79 Å². The smallest absolute Gasteiger partial charge is 0.331 e. The topological polar surface area (TPSA) is 38.3 Å². The molecule has 3 heteroatoms. The predicted molar refractivity (Wildman–Crippen MR) is 40.1 cm³/mol. The van der Waals surface area contributed by atoms with E-state index in [2.05, 4.69) is 5.32 Å². The van der Waals surface area contributed by atoms with Crippen molar-refractivity contribution >= 4 is 5.97 Å². The van der Waals surface area contributed by atoms with Gasteiger partial charge in [-0.15, -0.1) is 0 Å². The van der Waals surface area contributed by atoms with Crippen LogP contribution in [-0.4, -0.2) is 23.7 Å². The van der Waals surface area contributed by atoms with Gasteiger partial charge in [-0.2, -0.15) is 0 Å². The molecule has 0 radical (unpaired) electrons. The zero-order valence-corrected chi connectivity index (χ0v) is 6.94. The Labute approximate surface area is 66.1 Å². The fourth-order valence-corrected chi connectivity index (χ4v) is 2.04. The molecule has 0 aromatic heterocycles. The molecular weight excluding hydrogens is 142 g/mol. The molecule has 62 valence electrons. The first-order chi connectivity index (χ1) is 5.08. The maximum Gasteiger partial charge on any atom is 0.331 e. The molecule has 3 nitrogen and oxygen atoms in total. The molecule has 0 bridgehead atoms. The number of ether oxygens (including phenoxy) is 1. The summed E-state index contributed by atoms with van der Waals surface area (Å²) in [5.74, 6) is -0.0694. The van der Waals surface area contributed by atoms with Gasteiger partial charge in [0, 0.05) is 0 Å². The summed E-state index contributed by atoms with van der Waals surface area (Å²) in [5.41, 5.74) is -0.631. The maximum absolute atomic E-state index is 11.2. The quantitative estimate of drug-likeness (QED) is 0.516. The Morgan fingerprint density at radius 1 is 1.55 bits per heavy atom. The average molecular weight is 155 g/mol. The molecule has 0 unspecified atom stereocenters. The second-order valence-corrected chi connectivity index (χ2v) is 3.84. The monoisotopic (exact) mass is 155 g/mol. The number of esters is 1. The molecule has 1 N–H and O–H groups in total. The van der Waals surface area contributed by atoms with E-state index in [0.717, 1.165) is 19.4 Å². The van der Waals surface area contributed by atoms with Gasteiger partial charge >= 0.3 is 5.97 Å². The Balaban J connectivity index is 2.28. The van der Waals surface area contributed by atoms with Crippen LogP contribution < -0.4 is 5.32 Å². The van der Waals surface area contributed by atoms with Gasteiger partial charge in [-0.05, 0) is 33.2 Å². The van der Waals surface area contributed by atoms with Gasteiger partial charge in [0.05, 0.1) is 0 Å². The minimum atomic E-state index is -0.340. The normalized spacial score (nSPS) is 40.4. The Bertz CT molecular complexity index is 204. The minimum Gasteiger partial charge on any atom is -0.456 e. The fraction of sp³-hybridized carbons (Fsp3) is 0.875. The van der Waals surface area contributed by atoms with E-state index in [9.17, 15) is 4.79 Å². The number of carbonyl (C=O) groups excluding carboxylic acids is 1. The zero-order chi connectivity index (χ0) is 8.11. The Kier molecular flexibility index (Phi) is 1.15. The number of hydrogen-bond donors (Lipinski definition) is 1. The highest BCUT2D eigenvalue weighted by Crippen LogP contribution is 2.43. The number of cyclic esters (lactones) is 1. The number of nitrogens with one attached hydrogen (secondary N) is 1. The van der Waals surface area contributed by atoms with Crippen molar-refractivity contribution in [1.29, 1.82) is 0 Å². The lowest BCUT2D eigenvalue weighted by Crippen LogP contribution is -2.73. The van der Waals surface area contributed by atoms with E-state index in [0.29, 0.717) is 0 Å². The van der Waals surface area contributed by atoms with Gasteiger partial charge in [-0.1, -0.05) is 0 Å². The maximum atomic E-state index is 11.2. The standard InChI is InChI=1S/C8H13NO2/c1-7(2)8(6(10)11-7)4-3-5-9-8/h9H,3-5H2,1-2H3/t8-/m1/s1. The molecule has 2 fully saturated rings. The molecule has 2 heterocycles. The molecule has 0 saturated carbocycles. The summed E-state index contributed by atoms with van der Waals surface area (Å²) in [5, 5.41) is 3.23. The molecule has 2 saturated heterocycles. The van der Waals surface area contributed by atoms with E-state index in [1.165, 1.54) is 0 Å². The lowest BCUT2D eigenvalue weighted by Gasteiger charge is -2.51. The molecule has 11 heavy (non-hydrogen) atoms. The highest BCUT2D eigenvalue weighted by atomic mass is 16.6. The van der Waals surface area contributed by atoms with Crippen LogP contribution in [0.15, 0.2) is 0 Å². The molecule has 0 amide bonds. The van der Waals surface area contributed by atoms with Crippen LogP contribution in [0, 0.1) is 0 Å². The van der Waals surface area contributed by atoms with Crippen molar-refractivity contribution in [3.05, 3.63) is 0 Å². The third kappa shape index (κ3) is 0.644. The summed E-state index contributed by atoms with van der Waals surface area (Å²) in [6, 6.07) is 0. The summed E-state index contributed by atoms with van der Waals surface area (Å²) < 4.78 is 5.06. The van der Waals surface area contributed by atoms with E-state index >= 15 is 0 Å². The second kappa shape index (κ2) is 1.78. The SMILES string of the molecule is CC1(C)OC(=O)[C@]12CCCN2. The summed E-state index contributed by atoms with van der Waals surface area (Å²) >= 11 is 0. The summed E-state index contributed by atoms with van der Waals surface area (Å²) in [7, 11) is 0. The largest absolute Gasteiger partial charge is 0.456 e. The lowest BCUT2D eigenvalue weighted by atomic mass is 9.76. The van der Waals surface area contributed by atoms with Crippen LogP contribution in [0.3, 0.4) is 0 Å². The molecule has 2 aliphatic heterocycles. The van der Waals surface area contributed by atoms with Crippen molar-refractivity contribution in [3.8, 4) is 0 Å². The molecule has 1 spiro atoms. The first-order valence-corrected chi connectivity index (χ1v) is 4.07. The van der Waals surface area contributed by atoms with Crippen molar-refractivity contribution in [1.82, 2.24) is 5.32 Å². The van der Waals surface area contributed by atoms with E-state index in [4.69, 9.17) is 4.74 Å². The van der Waals surface area contributed by atoms with Crippen molar-refractivity contribution in [2.45, 2.75) is 37.8 Å². The van der Waals surface area contributed by atoms with E-state index < -0.39 is 0 Å². The highest BCUT2D eigenvalue weighted by molar-refractivity contribution is 5.89. The van der Waals surface area contributed by atoms with Crippen LogP contribution >= 0.6 is 0 Å². The molecule has 2 rings (SSSR count). The van der Waals surface area contributed by atoms with E-state index in [1.807, 2.05) is 13.8 Å². The van der Waals surface area contributed by atoms with Crippen LogP contribution in [0.1, 0.15) is 26.7 Å². The first-order valence-electron chi connectivity index (χ1n) is 4.07. The summed E-state index contributed by atoms with van der Waals surface area (Å²) in [4.78, 5) is 11.2. The van der Waals surface area contributed by atoms with Gasteiger partial charge in [-0.3, -0.25) is 5.32 Å². The van der Waals surface area contributed by atoms with Gasteiger partial charge in [0.2, 0.25) is 0 Å². The van der Waals surface area contributed by atoms with Gasteiger partial charge in [0.1, 0.15) is 5.60 Å². The lowest BCUT2D eigenvalue weighted by molar-refractivity contribution is -0.213. The molecule has 0 aromatic carbocycles. The summed E-state index contributed by atoms with van der Waals surface area (Å²) in [6.07, 6.45) is 2.01. The van der Waals surface area contributed by atoms with Gasteiger partial charge < -0.3 is 4.74 Å². The number of rotatable bonds is 0. The van der Waals surface area contributed by atoms with Gasteiger partial charge in [0.15, 0.2) is 5.54 Å². The molecular formula is C8H13NO2. The Morgan fingerprint density at radius 3 is 2.55 bits per heavy atom. The van der Waals surface area contributed by atoms with Crippen molar-refractivity contribution < 1.29 is 9.53 Å². The van der Waals surface area contributed by atoms with E-state index in [1.54, 1.807) is 0 Å². The number of hydrogen-bond acceptors (Lipinski definition) is 3. The van der Waals surface area contributed by atoms with Crippen LogP contribution in [-0.2, 0) is 9.53 Å². The molecule has 0 aromatic rings. The first kappa shape index (κ1) is 7.10. The zero-order valence-electron chi connectivity index (χ0n) is 6.94. The van der Waals surface area contributed by atoms with E-state index in [-0.39, 0.29) is 17.1 Å². The number of carbonyl (C=O) groups is 1. The van der Waals surface area contributed by atoms with Crippen LogP contribution in [0.25, 0.3) is 0 Å². The minimum absolute atomic E-state index is 0.0694. The van der Waals surface area contributed by atoms with Crippen LogP contribution in [0.2, 0.25) is 0 Å².